The van der Waals surface area contributed by atoms with Gasteiger partial charge in [-0.1, -0.05) is 52.3 Å². The number of hydrogen-bond acceptors (Lipinski definition) is 14. The van der Waals surface area contributed by atoms with Crippen molar-refractivity contribution in [2.45, 2.75) is 141 Å². The van der Waals surface area contributed by atoms with Gasteiger partial charge in [-0.25, -0.2) is 4.79 Å². The summed E-state index contributed by atoms with van der Waals surface area (Å²) < 4.78 is 0. The lowest BCUT2D eigenvalue weighted by Gasteiger charge is -2.30. The van der Waals surface area contributed by atoms with Crippen LogP contribution in [0.1, 0.15) is 79.2 Å². The number of carbonyl (C=O) groups excluding carboxylic acids is 8. The Labute approximate surface area is 416 Å². The summed E-state index contributed by atoms with van der Waals surface area (Å²) in [6, 6.07) is -4.65. The van der Waals surface area contributed by atoms with Crippen LogP contribution in [0.2, 0.25) is 0 Å². The summed E-state index contributed by atoms with van der Waals surface area (Å²) in [7, 11) is 0. The number of hydrogen-bond donors (Lipinski definition) is 14. The molecule has 23 nitrogen and oxygen atoms in total. The molecule has 0 aliphatic carbocycles. The Morgan fingerprint density at radius 2 is 1.30 bits per heavy atom. The number of nitrogens with one attached hydrogen (secondary N) is 8. The van der Waals surface area contributed by atoms with Gasteiger partial charge >= 0.3 is 11.9 Å². The molecule has 3 rings (SSSR count). The zero-order valence-electron chi connectivity index (χ0n) is 40.0. The van der Waals surface area contributed by atoms with Crippen LogP contribution < -0.4 is 43.0 Å². The van der Waals surface area contributed by atoms with Crippen molar-refractivity contribution in [3.63, 3.8) is 0 Å². The molecule has 11 atom stereocenters. The van der Waals surface area contributed by atoms with Gasteiger partial charge in [-0.15, -0.1) is 0 Å². The number of amides is 8. The Kier molecular flexibility index (Phi) is 22.9. The molecule has 0 unspecified atom stereocenters. The first-order valence-electron chi connectivity index (χ1n) is 23.0. The molecule has 2 heterocycles. The smallest absolute Gasteiger partial charge is 0.326 e. The van der Waals surface area contributed by atoms with E-state index < -0.39 is 132 Å². The fourth-order valence-electron chi connectivity index (χ4n) is 7.62. The molecule has 2 aromatic rings. The minimum absolute atomic E-state index is 0.129. The number of thiol groups is 2. The van der Waals surface area contributed by atoms with Crippen molar-refractivity contribution in [3.05, 3.63) is 36.0 Å². The standard InChI is InChI=1S/C45H68N10O13S2/c1-7-22(4)35(45(67)68)53-40(62)31(20-70)51-43(65)36(24(6)56)54-37(59)23(5)48-38(60)29(17-25-18-47-28-12-9-8-11-26(25)28)49-39(61)30(19-69)50-42(64)34(21(2)3)52-41(63)32-13-10-16-55(32)44(66)27(46)14-15-33(57)58/h8-9,11-12,18,21-24,27,29-32,34-36,47,56,69-70H,7,10,13-17,19-20,46H2,1-6H3,(H,48,60)(H,49,61)(H,50,64)(H,51,65)(H,52,63)(H,53,62)(H,54,59)(H,57,58)(H,67,68)/t22-,23-,24+,27-,29-,30-,31-,32-,34-,35-,36-/m0/s1. The second kappa shape index (κ2) is 27.5. The number of aliphatic hydroxyl groups is 1. The third-order valence-electron chi connectivity index (χ3n) is 12.0. The number of rotatable bonds is 27. The number of benzene rings is 1. The Bertz CT molecular complexity index is 2210. The van der Waals surface area contributed by atoms with E-state index in [9.17, 15) is 58.2 Å². The second-order valence-corrected chi connectivity index (χ2v) is 18.5. The maximum atomic E-state index is 14.1. The van der Waals surface area contributed by atoms with Crippen LogP contribution in [0.4, 0.5) is 0 Å². The van der Waals surface area contributed by atoms with Crippen molar-refractivity contribution in [3.8, 4) is 0 Å². The van der Waals surface area contributed by atoms with Gasteiger partial charge in [0.15, 0.2) is 0 Å². The maximum absolute atomic E-state index is 14.1. The van der Waals surface area contributed by atoms with Gasteiger partial charge in [0.25, 0.3) is 0 Å². The Balaban J connectivity index is 1.77. The van der Waals surface area contributed by atoms with Gasteiger partial charge in [0.1, 0.15) is 48.3 Å². The van der Waals surface area contributed by atoms with Gasteiger partial charge in [0.05, 0.1) is 12.1 Å². The summed E-state index contributed by atoms with van der Waals surface area (Å²) in [5, 5.41) is 47.4. The number of aromatic amines is 1. The van der Waals surface area contributed by atoms with Crippen LogP contribution in [0.3, 0.4) is 0 Å². The third-order valence-corrected chi connectivity index (χ3v) is 12.8. The lowest BCUT2D eigenvalue weighted by Crippen LogP contribution is -2.62. The van der Waals surface area contributed by atoms with Crippen molar-refractivity contribution < 1.29 is 63.3 Å². The van der Waals surface area contributed by atoms with Gasteiger partial charge in [0, 0.05) is 48.0 Å². The molecule has 1 aliphatic rings. The van der Waals surface area contributed by atoms with Crippen molar-refractivity contribution in [1.29, 1.82) is 0 Å². The van der Waals surface area contributed by atoms with Crippen LogP contribution in [0.15, 0.2) is 30.5 Å². The molecule has 1 aromatic carbocycles. The molecule has 0 bridgehead atoms. The number of carboxylic acids is 2. The SMILES string of the molecule is CC[C@H](C)[C@H](NC(=O)[C@H](CS)NC(=O)[C@@H](NC(=O)[C@H](C)NC(=O)[C@H](Cc1c[nH]c2ccccc12)NC(=O)[C@H](CS)NC(=O)[C@@H](NC(=O)[C@@H]1CCCN1C(=O)[C@@H](N)CCC(=O)O)C(C)C)[C@@H](C)O)C(=O)O. The fourth-order valence-corrected chi connectivity index (χ4v) is 8.13. The van der Waals surface area contributed by atoms with Crippen LogP contribution in [0.25, 0.3) is 10.9 Å². The van der Waals surface area contributed by atoms with E-state index in [0.29, 0.717) is 18.4 Å². The predicted octanol–water partition coefficient (Wildman–Crippen LogP) is -1.67. The van der Waals surface area contributed by atoms with E-state index in [4.69, 9.17) is 10.8 Å². The molecule has 0 spiro atoms. The highest BCUT2D eigenvalue weighted by Crippen LogP contribution is 2.21. The maximum Gasteiger partial charge on any atom is 0.326 e. The Hall–Kier alpha value is -5.92. The molecule has 25 heteroatoms. The molecule has 0 saturated carbocycles. The number of para-hydroxylation sites is 1. The van der Waals surface area contributed by atoms with E-state index >= 15 is 0 Å². The average molecular weight is 1020 g/mol. The summed E-state index contributed by atoms with van der Waals surface area (Å²) in [6.07, 6.45) is 0.661. The van der Waals surface area contributed by atoms with E-state index in [1.54, 1.807) is 58.2 Å². The Morgan fingerprint density at radius 1 is 0.743 bits per heavy atom. The van der Waals surface area contributed by atoms with Gasteiger partial charge in [0.2, 0.25) is 47.3 Å². The second-order valence-electron chi connectivity index (χ2n) is 17.7. The first kappa shape index (κ1) is 58.4. The van der Waals surface area contributed by atoms with Gasteiger partial charge in [-0.2, -0.15) is 25.3 Å². The van der Waals surface area contributed by atoms with Gasteiger partial charge in [-0.05, 0) is 56.6 Å². The molecule has 70 heavy (non-hydrogen) atoms. The number of aromatic nitrogens is 1. The largest absolute Gasteiger partial charge is 0.481 e. The molecular weight excluding hydrogens is 953 g/mol. The first-order valence-corrected chi connectivity index (χ1v) is 24.3. The molecule has 1 saturated heterocycles. The summed E-state index contributed by atoms with van der Waals surface area (Å²) in [6.45, 7) is 9.36. The van der Waals surface area contributed by atoms with Crippen molar-refractivity contribution in [1.82, 2.24) is 47.1 Å². The van der Waals surface area contributed by atoms with Crippen LogP contribution >= 0.6 is 25.3 Å². The third kappa shape index (κ3) is 16.3. The van der Waals surface area contributed by atoms with Gasteiger partial charge < -0.3 is 68.2 Å². The average Bonchev–Trinajstić information content (AvgIpc) is 3.98. The van der Waals surface area contributed by atoms with E-state index in [-0.39, 0.29) is 43.7 Å². The van der Waals surface area contributed by atoms with E-state index in [1.807, 2.05) is 0 Å². The number of fused-ring (bicyclic) bond motifs is 1. The fraction of sp³-hybridized carbons (Fsp3) is 0.600. The van der Waals surface area contributed by atoms with E-state index in [1.165, 1.54) is 18.7 Å². The summed E-state index contributed by atoms with van der Waals surface area (Å²) >= 11 is 8.40. The van der Waals surface area contributed by atoms with Gasteiger partial charge in [-0.3, -0.25) is 43.2 Å². The van der Waals surface area contributed by atoms with Crippen molar-refractivity contribution in [2.75, 3.05) is 18.1 Å². The zero-order chi connectivity index (χ0) is 52.6. The predicted molar refractivity (Wildman–Crippen MR) is 262 cm³/mol. The lowest BCUT2D eigenvalue weighted by atomic mass is 9.99. The highest BCUT2D eigenvalue weighted by Gasteiger charge is 2.39. The quantitative estimate of drug-likeness (QED) is 0.0446. The molecule has 1 aromatic heterocycles. The van der Waals surface area contributed by atoms with Crippen LogP contribution in [0.5, 0.6) is 0 Å². The Morgan fingerprint density at radius 3 is 1.86 bits per heavy atom. The highest BCUT2D eigenvalue weighted by atomic mass is 32.1. The molecular formula is C45H68N10O13S2. The number of nitrogens with two attached hydrogens (primary N) is 1. The molecule has 0 radical (unpaired) electrons. The molecule has 1 aliphatic heterocycles. The number of H-pyrrole nitrogens is 1. The number of nitrogens with zero attached hydrogens (tertiary/aromatic N) is 1. The molecule has 388 valence electrons. The number of aliphatic carboxylic acids is 2. The number of likely N-dealkylation sites (tertiary alicyclic amines) is 1. The topological polar surface area (TPSA) is 361 Å². The number of carboxylic acid groups (broad SMARTS) is 2. The number of carbonyl (C=O) groups is 10. The van der Waals surface area contributed by atoms with Crippen molar-refractivity contribution >= 4 is 95.4 Å². The minimum atomic E-state index is -1.67. The van der Waals surface area contributed by atoms with Crippen LogP contribution in [0, 0.1) is 11.8 Å². The lowest BCUT2D eigenvalue weighted by molar-refractivity contribution is -0.144. The summed E-state index contributed by atoms with van der Waals surface area (Å²) in [5.41, 5.74) is 7.27. The molecule has 8 amide bonds. The first-order chi connectivity index (χ1) is 32.9. The highest BCUT2D eigenvalue weighted by molar-refractivity contribution is 7.80. The zero-order valence-corrected chi connectivity index (χ0v) is 41.8. The van der Waals surface area contributed by atoms with Crippen LogP contribution in [-0.2, 0) is 54.4 Å². The van der Waals surface area contributed by atoms with Crippen LogP contribution in [-0.4, -0.2) is 163 Å². The van der Waals surface area contributed by atoms with E-state index in [2.05, 4.69) is 67.5 Å². The van der Waals surface area contributed by atoms with E-state index in [0.717, 1.165) is 10.9 Å². The number of aliphatic hydroxyl groups excluding tert-OH is 1. The molecule has 1 fully saturated rings. The normalized spacial score (nSPS) is 17.8. The van der Waals surface area contributed by atoms with Crippen molar-refractivity contribution in [2.24, 2.45) is 17.6 Å². The minimum Gasteiger partial charge on any atom is -0.481 e. The monoisotopic (exact) mass is 1020 g/mol. The molecule has 13 N–H and O–H groups in total. The summed E-state index contributed by atoms with van der Waals surface area (Å²) in [4.78, 5) is 136. The summed E-state index contributed by atoms with van der Waals surface area (Å²) in [5.74, 6) is -10.5.